The Morgan fingerprint density at radius 2 is 1.90 bits per heavy atom. The highest BCUT2D eigenvalue weighted by Crippen LogP contribution is 2.08. The lowest BCUT2D eigenvalue weighted by Crippen LogP contribution is -2.55. The number of urea groups is 1. The average molecular weight is 302 g/mol. The van der Waals surface area contributed by atoms with E-state index in [2.05, 4.69) is 16.0 Å². The Balaban J connectivity index is 4.40. The van der Waals surface area contributed by atoms with Gasteiger partial charge in [-0.1, -0.05) is 20.8 Å². The van der Waals surface area contributed by atoms with Crippen LogP contribution in [-0.4, -0.2) is 48.3 Å². The lowest BCUT2D eigenvalue weighted by atomic mass is 10.0. The number of ketones is 1. The molecule has 3 atom stereocenters. The summed E-state index contributed by atoms with van der Waals surface area (Å²) in [4.78, 5) is 22.2. The molecule has 0 radical (unpaired) electrons. The smallest absolute Gasteiger partial charge is 0.312 e. The van der Waals surface area contributed by atoms with Gasteiger partial charge in [-0.25, -0.2) is 4.79 Å². The van der Waals surface area contributed by atoms with Crippen molar-refractivity contribution in [1.82, 2.24) is 16.0 Å². The minimum absolute atomic E-state index is 0.0351. The molecule has 6 N–H and O–H groups in total. The number of hydrogen-bond acceptors (Lipinski definition) is 5. The summed E-state index contributed by atoms with van der Waals surface area (Å²) in [6.07, 6.45) is 0.340. The molecule has 0 fully saturated rings. The predicted molar refractivity (Wildman–Crippen MR) is 82.7 cm³/mol. The Morgan fingerprint density at radius 1 is 1.29 bits per heavy atom. The van der Waals surface area contributed by atoms with E-state index in [1.165, 1.54) is 6.92 Å². The standard InChI is InChI=1S/C14H30N4O3/c1-5-16-12(9(2)3)13(20)18-11(10(4)19)7-6-8-17-14(15)21/h9,11-13,16,18,20H,5-8H2,1-4H3,(H3,15,17,21). The van der Waals surface area contributed by atoms with Crippen LogP contribution in [0.1, 0.15) is 40.5 Å². The summed E-state index contributed by atoms with van der Waals surface area (Å²) in [7, 11) is 0. The van der Waals surface area contributed by atoms with Crippen molar-refractivity contribution in [3.8, 4) is 0 Å². The van der Waals surface area contributed by atoms with E-state index in [0.717, 1.165) is 6.54 Å². The van der Waals surface area contributed by atoms with Gasteiger partial charge in [0.2, 0.25) is 0 Å². The molecule has 21 heavy (non-hydrogen) atoms. The first-order chi connectivity index (χ1) is 9.79. The quantitative estimate of drug-likeness (QED) is 0.271. The minimum Gasteiger partial charge on any atom is -0.377 e. The average Bonchev–Trinajstić information content (AvgIpc) is 2.38. The number of nitrogens with one attached hydrogen (secondary N) is 3. The summed E-state index contributed by atoms with van der Waals surface area (Å²) in [6.45, 7) is 8.64. The molecule has 0 aromatic rings. The zero-order valence-corrected chi connectivity index (χ0v) is 13.5. The summed E-state index contributed by atoms with van der Waals surface area (Å²) in [6, 6.07) is -1.13. The van der Waals surface area contributed by atoms with E-state index >= 15 is 0 Å². The van der Waals surface area contributed by atoms with Crippen LogP contribution in [0.4, 0.5) is 4.79 Å². The van der Waals surface area contributed by atoms with Gasteiger partial charge < -0.3 is 21.5 Å². The van der Waals surface area contributed by atoms with Gasteiger partial charge in [-0.15, -0.1) is 0 Å². The van der Waals surface area contributed by atoms with E-state index in [0.29, 0.717) is 19.4 Å². The molecule has 0 rings (SSSR count). The van der Waals surface area contributed by atoms with Crippen molar-refractivity contribution in [2.45, 2.75) is 58.8 Å². The number of nitrogens with two attached hydrogens (primary N) is 1. The fourth-order valence-corrected chi connectivity index (χ4v) is 2.18. The molecule has 0 bridgehead atoms. The summed E-state index contributed by atoms with van der Waals surface area (Å²) >= 11 is 0. The lowest BCUT2D eigenvalue weighted by Gasteiger charge is -2.30. The molecule has 0 aliphatic carbocycles. The topological polar surface area (TPSA) is 116 Å². The summed E-state index contributed by atoms with van der Waals surface area (Å²) in [5, 5.41) is 18.9. The molecular weight excluding hydrogens is 272 g/mol. The highest BCUT2D eigenvalue weighted by atomic mass is 16.3. The lowest BCUT2D eigenvalue weighted by molar-refractivity contribution is -0.120. The van der Waals surface area contributed by atoms with Crippen LogP contribution in [0.15, 0.2) is 0 Å². The van der Waals surface area contributed by atoms with Crippen molar-refractivity contribution in [3.05, 3.63) is 0 Å². The van der Waals surface area contributed by atoms with Gasteiger partial charge in [0.05, 0.1) is 6.04 Å². The first-order valence-corrected chi connectivity index (χ1v) is 7.50. The van der Waals surface area contributed by atoms with Crippen LogP contribution in [-0.2, 0) is 4.79 Å². The molecule has 0 aromatic carbocycles. The summed E-state index contributed by atoms with van der Waals surface area (Å²) < 4.78 is 0. The molecule has 7 nitrogen and oxygen atoms in total. The Bertz CT molecular complexity index is 323. The van der Waals surface area contributed by atoms with Gasteiger partial charge in [0.1, 0.15) is 12.0 Å². The van der Waals surface area contributed by atoms with Crippen molar-refractivity contribution in [2.75, 3.05) is 13.1 Å². The molecule has 0 heterocycles. The van der Waals surface area contributed by atoms with Crippen LogP contribution >= 0.6 is 0 Å². The second-order valence-electron chi connectivity index (χ2n) is 5.54. The minimum atomic E-state index is -0.803. The summed E-state index contributed by atoms with van der Waals surface area (Å²) in [5.41, 5.74) is 4.98. The van der Waals surface area contributed by atoms with Gasteiger partial charge >= 0.3 is 6.03 Å². The van der Waals surface area contributed by atoms with E-state index in [4.69, 9.17) is 5.73 Å². The van der Waals surface area contributed by atoms with Crippen LogP contribution in [0.25, 0.3) is 0 Å². The number of likely N-dealkylation sites (N-methyl/N-ethyl adjacent to an activating group) is 1. The number of carbonyl (C=O) groups excluding carboxylic acids is 2. The maximum Gasteiger partial charge on any atom is 0.312 e. The number of amides is 2. The monoisotopic (exact) mass is 302 g/mol. The molecule has 0 aliphatic heterocycles. The third-order valence-electron chi connectivity index (χ3n) is 3.33. The molecular formula is C14H30N4O3. The van der Waals surface area contributed by atoms with E-state index in [1.807, 2.05) is 20.8 Å². The largest absolute Gasteiger partial charge is 0.377 e. The van der Waals surface area contributed by atoms with Crippen molar-refractivity contribution < 1.29 is 14.7 Å². The number of rotatable bonds is 11. The number of aliphatic hydroxyl groups excluding tert-OH is 1. The number of Topliss-reactive ketones (excluding diaryl/α,β-unsaturated/α-hetero) is 1. The molecule has 2 amide bonds. The second kappa shape index (κ2) is 10.5. The third kappa shape index (κ3) is 8.64. The Labute approximate surface area is 127 Å². The second-order valence-corrected chi connectivity index (χ2v) is 5.54. The molecule has 0 saturated heterocycles. The van der Waals surface area contributed by atoms with Crippen LogP contribution in [0.2, 0.25) is 0 Å². The van der Waals surface area contributed by atoms with Crippen molar-refractivity contribution in [3.63, 3.8) is 0 Å². The zero-order valence-electron chi connectivity index (χ0n) is 13.5. The number of hydrogen-bond donors (Lipinski definition) is 5. The van der Waals surface area contributed by atoms with Gasteiger partial charge in [-0.05, 0) is 32.2 Å². The van der Waals surface area contributed by atoms with Gasteiger partial charge in [0, 0.05) is 12.6 Å². The highest BCUT2D eigenvalue weighted by molar-refractivity contribution is 5.81. The van der Waals surface area contributed by atoms with Gasteiger partial charge in [0.15, 0.2) is 0 Å². The SMILES string of the molecule is CCNC(C(C)C)C(O)NC(CCCNC(N)=O)C(C)=O. The highest BCUT2D eigenvalue weighted by Gasteiger charge is 2.25. The van der Waals surface area contributed by atoms with Gasteiger partial charge in [0.25, 0.3) is 0 Å². The Morgan fingerprint density at radius 3 is 2.33 bits per heavy atom. The van der Waals surface area contributed by atoms with Crippen LogP contribution in [0, 0.1) is 5.92 Å². The van der Waals surface area contributed by atoms with Crippen molar-refractivity contribution in [2.24, 2.45) is 11.7 Å². The maximum absolute atomic E-state index is 11.7. The van der Waals surface area contributed by atoms with Crippen molar-refractivity contribution >= 4 is 11.8 Å². The molecule has 0 aromatic heterocycles. The van der Waals surface area contributed by atoms with Crippen LogP contribution in [0.5, 0.6) is 0 Å². The number of carbonyl (C=O) groups is 2. The molecule has 7 heteroatoms. The van der Waals surface area contributed by atoms with Gasteiger partial charge in [-0.3, -0.25) is 10.1 Å². The molecule has 3 unspecified atom stereocenters. The van der Waals surface area contributed by atoms with Crippen molar-refractivity contribution in [1.29, 1.82) is 0 Å². The van der Waals surface area contributed by atoms with E-state index in [1.54, 1.807) is 0 Å². The van der Waals surface area contributed by atoms with E-state index < -0.39 is 18.3 Å². The molecule has 0 saturated carbocycles. The number of aliphatic hydroxyl groups is 1. The first-order valence-electron chi connectivity index (χ1n) is 7.50. The third-order valence-corrected chi connectivity index (χ3v) is 3.33. The maximum atomic E-state index is 11.7. The molecule has 0 spiro atoms. The fourth-order valence-electron chi connectivity index (χ4n) is 2.18. The number of primary amides is 1. The van der Waals surface area contributed by atoms with E-state index in [-0.39, 0.29) is 17.7 Å². The normalized spacial score (nSPS) is 15.5. The Hall–Kier alpha value is -1.18. The van der Waals surface area contributed by atoms with Gasteiger partial charge in [-0.2, -0.15) is 0 Å². The van der Waals surface area contributed by atoms with Crippen LogP contribution < -0.4 is 21.7 Å². The Kier molecular flexibility index (Phi) is 9.94. The summed E-state index contributed by atoms with van der Waals surface area (Å²) in [5.74, 6) is 0.198. The fraction of sp³-hybridized carbons (Fsp3) is 0.857. The van der Waals surface area contributed by atoms with E-state index in [9.17, 15) is 14.7 Å². The predicted octanol–water partition coefficient (Wildman–Crippen LogP) is -0.0654. The van der Waals surface area contributed by atoms with Crippen LogP contribution in [0.3, 0.4) is 0 Å². The molecule has 0 aliphatic rings. The first kappa shape index (κ1) is 19.8. The molecule has 124 valence electrons. The zero-order chi connectivity index (χ0) is 16.4.